The quantitative estimate of drug-likeness (QED) is 0.730. The van der Waals surface area contributed by atoms with Gasteiger partial charge in [0.25, 0.3) is 5.56 Å². The Bertz CT molecular complexity index is 344. The molecule has 0 fully saturated rings. The molecule has 15 heavy (non-hydrogen) atoms. The van der Waals surface area contributed by atoms with Crippen molar-refractivity contribution in [1.29, 1.82) is 0 Å². The predicted octanol–water partition coefficient (Wildman–Crippen LogP) is 2.40. The molecule has 0 aliphatic carbocycles. The van der Waals surface area contributed by atoms with Crippen LogP contribution in [0, 0.1) is 0 Å². The van der Waals surface area contributed by atoms with Gasteiger partial charge in [-0.25, -0.2) is 0 Å². The number of hydrogen-bond donors (Lipinski definition) is 1. The number of rotatable bonds is 6. The molecule has 0 radical (unpaired) electrons. The van der Waals surface area contributed by atoms with Crippen LogP contribution in [0.4, 0.5) is 5.69 Å². The predicted molar refractivity (Wildman–Crippen MR) is 63.9 cm³/mol. The molecule has 2 N–H and O–H groups in total. The summed E-state index contributed by atoms with van der Waals surface area (Å²) in [4.78, 5) is 11.4. The molecule has 3 heteroatoms. The molecule has 1 rings (SSSR count). The van der Waals surface area contributed by atoms with Crippen molar-refractivity contribution >= 4 is 5.69 Å². The van der Waals surface area contributed by atoms with E-state index >= 15 is 0 Å². The molecule has 0 saturated heterocycles. The number of aromatic nitrogens is 1. The zero-order valence-corrected chi connectivity index (χ0v) is 9.41. The van der Waals surface area contributed by atoms with E-state index in [2.05, 4.69) is 6.92 Å². The highest BCUT2D eigenvalue weighted by Gasteiger charge is 1.96. The lowest BCUT2D eigenvalue weighted by Gasteiger charge is -2.05. The lowest BCUT2D eigenvalue weighted by Crippen LogP contribution is -2.18. The summed E-state index contributed by atoms with van der Waals surface area (Å²) in [5, 5.41) is 0. The minimum atomic E-state index is 0.0414. The fourth-order valence-corrected chi connectivity index (χ4v) is 1.61. The number of unbranched alkanes of at least 4 members (excludes halogenated alkanes) is 4. The maximum Gasteiger partial charge on any atom is 0.250 e. The fourth-order valence-electron chi connectivity index (χ4n) is 1.61. The number of pyridine rings is 1. The molecule has 84 valence electrons. The van der Waals surface area contributed by atoms with Gasteiger partial charge in [0.1, 0.15) is 0 Å². The van der Waals surface area contributed by atoms with Crippen molar-refractivity contribution in [3.8, 4) is 0 Å². The summed E-state index contributed by atoms with van der Waals surface area (Å²) in [5.74, 6) is 0. The average Bonchev–Trinajstić information content (AvgIpc) is 2.23. The van der Waals surface area contributed by atoms with Crippen molar-refractivity contribution in [3.05, 3.63) is 28.7 Å². The van der Waals surface area contributed by atoms with Gasteiger partial charge in [0.2, 0.25) is 0 Å². The van der Waals surface area contributed by atoms with Gasteiger partial charge >= 0.3 is 0 Å². The molecule has 0 saturated carbocycles. The number of anilines is 1. The van der Waals surface area contributed by atoms with Crippen molar-refractivity contribution in [2.24, 2.45) is 0 Å². The first kappa shape index (κ1) is 11.8. The molecular weight excluding hydrogens is 188 g/mol. The molecule has 0 unspecified atom stereocenters. The number of nitrogen functional groups attached to an aromatic ring is 1. The second-order valence-electron chi connectivity index (χ2n) is 3.91. The van der Waals surface area contributed by atoms with Gasteiger partial charge in [-0.3, -0.25) is 4.79 Å². The second-order valence-corrected chi connectivity index (χ2v) is 3.91. The smallest absolute Gasteiger partial charge is 0.250 e. The molecular formula is C12H20N2O. The minimum absolute atomic E-state index is 0.0414. The van der Waals surface area contributed by atoms with Gasteiger partial charge in [-0.2, -0.15) is 0 Å². The molecule has 0 spiro atoms. The molecule has 1 aromatic rings. The zero-order valence-electron chi connectivity index (χ0n) is 9.41. The van der Waals surface area contributed by atoms with Crippen molar-refractivity contribution in [3.63, 3.8) is 0 Å². The fraction of sp³-hybridized carbons (Fsp3) is 0.583. The molecule has 0 aromatic carbocycles. The van der Waals surface area contributed by atoms with Gasteiger partial charge in [0, 0.05) is 24.5 Å². The lowest BCUT2D eigenvalue weighted by molar-refractivity contribution is 0.559. The standard InChI is InChI=1S/C12H20N2O/c1-2-3-4-5-6-9-14-10-11(13)7-8-12(14)15/h7-8,10H,2-6,9,13H2,1H3. The molecule has 1 heterocycles. The van der Waals surface area contributed by atoms with Crippen LogP contribution >= 0.6 is 0 Å². The molecule has 3 nitrogen and oxygen atoms in total. The Hall–Kier alpha value is -1.25. The van der Waals surface area contributed by atoms with Crippen LogP contribution in [0.2, 0.25) is 0 Å². The highest BCUT2D eigenvalue weighted by molar-refractivity contribution is 5.33. The average molecular weight is 208 g/mol. The van der Waals surface area contributed by atoms with Crippen LogP contribution < -0.4 is 11.3 Å². The molecule has 0 aliphatic rings. The van der Waals surface area contributed by atoms with E-state index in [1.54, 1.807) is 16.8 Å². The van der Waals surface area contributed by atoms with E-state index in [9.17, 15) is 4.79 Å². The van der Waals surface area contributed by atoms with Crippen LogP contribution in [-0.4, -0.2) is 4.57 Å². The van der Waals surface area contributed by atoms with Gasteiger partial charge in [0.05, 0.1) is 0 Å². The lowest BCUT2D eigenvalue weighted by atomic mass is 10.1. The number of aryl methyl sites for hydroxylation is 1. The van der Waals surface area contributed by atoms with Crippen molar-refractivity contribution in [2.45, 2.75) is 45.6 Å². The first-order valence-electron chi connectivity index (χ1n) is 5.70. The van der Waals surface area contributed by atoms with Crippen LogP contribution in [0.15, 0.2) is 23.1 Å². The Labute approximate surface area is 90.9 Å². The molecule has 0 bridgehead atoms. The Balaban J connectivity index is 2.37. The maximum absolute atomic E-state index is 11.4. The van der Waals surface area contributed by atoms with Crippen LogP contribution in [0.1, 0.15) is 39.0 Å². The summed E-state index contributed by atoms with van der Waals surface area (Å²) >= 11 is 0. The monoisotopic (exact) mass is 208 g/mol. The minimum Gasteiger partial charge on any atom is -0.398 e. The third-order valence-corrected chi connectivity index (χ3v) is 2.51. The Morgan fingerprint density at radius 1 is 1.20 bits per heavy atom. The summed E-state index contributed by atoms with van der Waals surface area (Å²) in [6.07, 6.45) is 7.76. The SMILES string of the molecule is CCCCCCCn1cc(N)ccc1=O. The van der Waals surface area contributed by atoms with Gasteiger partial charge in [-0.1, -0.05) is 32.6 Å². The van der Waals surface area contributed by atoms with Crippen molar-refractivity contribution in [2.75, 3.05) is 5.73 Å². The van der Waals surface area contributed by atoms with E-state index < -0.39 is 0 Å². The normalized spacial score (nSPS) is 10.5. The third kappa shape index (κ3) is 4.19. The van der Waals surface area contributed by atoms with E-state index in [0.717, 1.165) is 13.0 Å². The highest BCUT2D eigenvalue weighted by atomic mass is 16.1. The van der Waals surface area contributed by atoms with Crippen LogP contribution in [0.3, 0.4) is 0 Å². The van der Waals surface area contributed by atoms with Crippen LogP contribution in [0.25, 0.3) is 0 Å². The largest absolute Gasteiger partial charge is 0.398 e. The molecule has 0 amide bonds. The molecule has 0 atom stereocenters. The summed E-state index contributed by atoms with van der Waals surface area (Å²) in [6, 6.07) is 3.18. The van der Waals surface area contributed by atoms with E-state index in [1.165, 1.54) is 31.7 Å². The maximum atomic E-state index is 11.4. The Morgan fingerprint density at radius 2 is 1.93 bits per heavy atom. The summed E-state index contributed by atoms with van der Waals surface area (Å²) in [6.45, 7) is 2.98. The van der Waals surface area contributed by atoms with Gasteiger partial charge in [-0.15, -0.1) is 0 Å². The number of nitrogens with zero attached hydrogens (tertiary/aromatic N) is 1. The van der Waals surface area contributed by atoms with E-state index in [-0.39, 0.29) is 5.56 Å². The van der Waals surface area contributed by atoms with Crippen LogP contribution in [0.5, 0.6) is 0 Å². The Kier molecular flexibility index (Phi) is 4.95. The Morgan fingerprint density at radius 3 is 2.67 bits per heavy atom. The topological polar surface area (TPSA) is 48.0 Å². The first-order chi connectivity index (χ1) is 7.24. The zero-order chi connectivity index (χ0) is 11.1. The van der Waals surface area contributed by atoms with Crippen molar-refractivity contribution in [1.82, 2.24) is 4.57 Å². The van der Waals surface area contributed by atoms with E-state index in [0.29, 0.717) is 5.69 Å². The number of nitrogens with two attached hydrogens (primary N) is 1. The van der Waals surface area contributed by atoms with Gasteiger partial charge in [0.15, 0.2) is 0 Å². The van der Waals surface area contributed by atoms with Gasteiger partial charge < -0.3 is 10.3 Å². The first-order valence-corrected chi connectivity index (χ1v) is 5.70. The van der Waals surface area contributed by atoms with Crippen LogP contribution in [-0.2, 0) is 6.54 Å². The number of hydrogen-bond acceptors (Lipinski definition) is 2. The summed E-state index contributed by atoms with van der Waals surface area (Å²) in [5.41, 5.74) is 6.32. The van der Waals surface area contributed by atoms with E-state index in [1.807, 2.05) is 0 Å². The third-order valence-electron chi connectivity index (χ3n) is 2.51. The second kappa shape index (κ2) is 6.27. The molecule has 1 aromatic heterocycles. The van der Waals surface area contributed by atoms with E-state index in [4.69, 9.17) is 5.73 Å². The molecule has 0 aliphatic heterocycles. The van der Waals surface area contributed by atoms with Crippen molar-refractivity contribution < 1.29 is 0 Å². The van der Waals surface area contributed by atoms with Gasteiger partial charge in [-0.05, 0) is 12.5 Å². The summed E-state index contributed by atoms with van der Waals surface area (Å²) in [7, 11) is 0. The summed E-state index contributed by atoms with van der Waals surface area (Å²) < 4.78 is 1.70. The highest BCUT2D eigenvalue weighted by Crippen LogP contribution is 2.04.